The van der Waals surface area contributed by atoms with Crippen LogP contribution in [0.25, 0.3) is 0 Å². The number of carbonyl (C=O) groups is 2. The Hall–Kier alpha value is -0.890. The Bertz CT molecular complexity index is 573. The molecule has 0 radical (unpaired) electrons. The molecule has 1 N–H and O–H groups in total. The Morgan fingerprint density at radius 3 is 2.75 bits per heavy atom. The van der Waals surface area contributed by atoms with Crippen molar-refractivity contribution in [3.05, 3.63) is 28.5 Å². The first kappa shape index (κ1) is 21.2. The third-order valence-electron chi connectivity index (χ3n) is 4.20. The fourth-order valence-corrected chi connectivity index (χ4v) is 3.30. The summed E-state index contributed by atoms with van der Waals surface area (Å²) < 4.78 is 0.854. The monoisotopic (exact) mass is 438 g/mol. The van der Waals surface area contributed by atoms with Gasteiger partial charge in [-0.05, 0) is 40.9 Å². The van der Waals surface area contributed by atoms with Gasteiger partial charge in [-0.1, -0.05) is 0 Å². The molecule has 2 amide bonds. The molecule has 24 heavy (non-hydrogen) atoms. The van der Waals surface area contributed by atoms with Crippen molar-refractivity contribution in [2.24, 2.45) is 0 Å². The van der Waals surface area contributed by atoms with Gasteiger partial charge in [0.1, 0.15) is 5.69 Å². The molecule has 1 aromatic heterocycles. The topological polar surface area (TPSA) is 65.5 Å². The summed E-state index contributed by atoms with van der Waals surface area (Å²) in [4.78, 5) is 32.5. The van der Waals surface area contributed by atoms with Crippen LogP contribution in [-0.4, -0.2) is 65.4 Å². The van der Waals surface area contributed by atoms with Crippen LogP contribution in [0.1, 0.15) is 23.3 Å². The molecule has 2 saturated heterocycles. The van der Waals surface area contributed by atoms with E-state index in [1.807, 2.05) is 15.9 Å². The molecule has 1 unspecified atom stereocenters. The van der Waals surface area contributed by atoms with E-state index in [0.717, 1.165) is 36.9 Å². The van der Waals surface area contributed by atoms with E-state index in [4.69, 9.17) is 0 Å². The highest BCUT2D eigenvalue weighted by Gasteiger charge is 2.32. The zero-order valence-corrected chi connectivity index (χ0v) is 16.3. The van der Waals surface area contributed by atoms with E-state index in [2.05, 4.69) is 26.2 Å². The fourth-order valence-electron chi connectivity index (χ4n) is 3.07. The van der Waals surface area contributed by atoms with Gasteiger partial charge in [-0.15, -0.1) is 24.8 Å². The van der Waals surface area contributed by atoms with Crippen molar-refractivity contribution < 1.29 is 9.59 Å². The van der Waals surface area contributed by atoms with Gasteiger partial charge in [-0.2, -0.15) is 0 Å². The molecule has 3 heterocycles. The lowest BCUT2D eigenvalue weighted by Gasteiger charge is -2.41. The molecular formula is C15H21BrCl2N4O2. The Morgan fingerprint density at radius 1 is 1.29 bits per heavy atom. The predicted octanol–water partition coefficient (Wildman–Crippen LogP) is 1.72. The van der Waals surface area contributed by atoms with Crippen LogP contribution in [0.2, 0.25) is 0 Å². The van der Waals surface area contributed by atoms with Crippen LogP contribution in [0.15, 0.2) is 22.8 Å². The minimum Gasteiger partial charge on any atom is -0.336 e. The first-order valence-electron chi connectivity index (χ1n) is 7.56. The van der Waals surface area contributed by atoms with Crippen LogP contribution in [-0.2, 0) is 4.79 Å². The second kappa shape index (κ2) is 9.56. The second-order valence-electron chi connectivity index (χ2n) is 5.67. The SMILES string of the molecule is Cl.Cl.O=C(c1ccc(Br)cn1)N1CCCC(N2CCNCC2=O)C1. The first-order chi connectivity index (χ1) is 10.6. The molecule has 1 aromatic rings. The largest absolute Gasteiger partial charge is 0.336 e. The zero-order chi connectivity index (χ0) is 15.5. The van der Waals surface area contributed by atoms with E-state index in [-0.39, 0.29) is 42.7 Å². The molecular weight excluding hydrogens is 419 g/mol. The molecule has 9 heteroatoms. The van der Waals surface area contributed by atoms with E-state index in [1.165, 1.54) is 0 Å². The molecule has 6 nitrogen and oxygen atoms in total. The van der Waals surface area contributed by atoms with Gasteiger partial charge < -0.3 is 15.1 Å². The maximum atomic E-state index is 12.6. The van der Waals surface area contributed by atoms with Crippen molar-refractivity contribution in [3.63, 3.8) is 0 Å². The number of amides is 2. The summed E-state index contributed by atoms with van der Waals surface area (Å²) in [6, 6.07) is 3.68. The maximum absolute atomic E-state index is 12.6. The lowest BCUT2D eigenvalue weighted by atomic mass is 10.0. The number of nitrogens with one attached hydrogen (secondary N) is 1. The summed E-state index contributed by atoms with van der Waals surface area (Å²) in [7, 11) is 0. The molecule has 0 spiro atoms. The highest BCUT2D eigenvalue weighted by Crippen LogP contribution is 2.19. The van der Waals surface area contributed by atoms with Gasteiger partial charge >= 0.3 is 0 Å². The molecule has 2 aliphatic rings. The van der Waals surface area contributed by atoms with Crippen LogP contribution in [0.5, 0.6) is 0 Å². The van der Waals surface area contributed by atoms with Crippen LogP contribution in [0, 0.1) is 0 Å². The third-order valence-corrected chi connectivity index (χ3v) is 4.67. The first-order valence-corrected chi connectivity index (χ1v) is 8.35. The molecule has 2 aliphatic heterocycles. The van der Waals surface area contributed by atoms with Gasteiger partial charge in [0.15, 0.2) is 0 Å². The molecule has 0 saturated carbocycles. The number of piperazine rings is 1. The van der Waals surface area contributed by atoms with Crippen molar-refractivity contribution in [3.8, 4) is 0 Å². The van der Waals surface area contributed by atoms with E-state index in [0.29, 0.717) is 18.8 Å². The van der Waals surface area contributed by atoms with Crippen molar-refractivity contribution >= 4 is 52.6 Å². The molecule has 0 aromatic carbocycles. The highest BCUT2D eigenvalue weighted by molar-refractivity contribution is 9.10. The van der Waals surface area contributed by atoms with Crippen LogP contribution in [0.4, 0.5) is 0 Å². The second-order valence-corrected chi connectivity index (χ2v) is 6.59. The Labute approximate surface area is 162 Å². The van der Waals surface area contributed by atoms with Crippen LogP contribution in [0.3, 0.4) is 0 Å². The summed E-state index contributed by atoms with van der Waals surface area (Å²) in [5.41, 5.74) is 0.454. The third kappa shape index (κ3) is 4.81. The van der Waals surface area contributed by atoms with Crippen molar-refractivity contribution in [1.29, 1.82) is 0 Å². The fraction of sp³-hybridized carbons (Fsp3) is 0.533. The number of aromatic nitrogens is 1. The van der Waals surface area contributed by atoms with E-state index < -0.39 is 0 Å². The maximum Gasteiger partial charge on any atom is 0.272 e. The molecule has 2 fully saturated rings. The Balaban J connectivity index is 0.00000144. The van der Waals surface area contributed by atoms with Gasteiger partial charge in [0.2, 0.25) is 5.91 Å². The number of piperidine rings is 1. The van der Waals surface area contributed by atoms with E-state index in [9.17, 15) is 9.59 Å². The number of nitrogens with zero attached hydrogens (tertiary/aromatic N) is 3. The van der Waals surface area contributed by atoms with Gasteiger partial charge in [0.05, 0.1) is 6.54 Å². The molecule has 134 valence electrons. The Kier molecular flexibility index (Phi) is 8.42. The number of pyridine rings is 1. The minimum atomic E-state index is -0.0558. The average Bonchev–Trinajstić information content (AvgIpc) is 2.55. The standard InChI is InChI=1S/C15H19BrN4O2.2ClH/c16-11-3-4-13(18-8-11)15(22)19-6-1-2-12(10-19)20-7-5-17-9-14(20)21;;/h3-4,8,12,17H,1-2,5-7,9-10H2;2*1H. The van der Waals surface area contributed by atoms with Gasteiger partial charge in [0.25, 0.3) is 5.91 Å². The molecule has 3 rings (SSSR count). The van der Waals surface area contributed by atoms with Crippen LogP contribution < -0.4 is 5.32 Å². The summed E-state index contributed by atoms with van der Waals surface area (Å²) in [5, 5.41) is 3.08. The predicted molar refractivity (Wildman–Crippen MR) is 99.9 cm³/mol. The number of hydrogen-bond acceptors (Lipinski definition) is 4. The lowest BCUT2D eigenvalue weighted by Crippen LogP contribution is -2.57. The smallest absolute Gasteiger partial charge is 0.272 e. The molecule has 0 bridgehead atoms. The number of rotatable bonds is 2. The van der Waals surface area contributed by atoms with Gasteiger partial charge in [-0.25, -0.2) is 4.98 Å². The van der Waals surface area contributed by atoms with Gasteiger partial charge in [0, 0.05) is 42.9 Å². The van der Waals surface area contributed by atoms with Crippen LogP contribution >= 0.6 is 40.7 Å². The quantitative estimate of drug-likeness (QED) is 0.761. The molecule has 0 aliphatic carbocycles. The van der Waals surface area contributed by atoms with Crippen molar-refractivity contribution in [2.45, 2.75) is 18.9 Å². The van der Waals surface area contributed by atoms with E-state index in [1.54, 1.807) is 12.3 Å². The van der Waals surface area contributed by atoms with Crippen molar-refractivity contribution in [2.75, 3.05) is 32.7 Å². The zero-order valence-electron chi connectivity index (χ0n) is 13.1. The van der Waals surface area contributed by atoms with E-state index >= 15 is 0 Å². The average molecular weight is 440 g/mol. The van der Waals surface area contributed by atoms with Gasteiger partial charge in [-0.3, -0.25) is 9.59 Å². The summed E-state index contributed by atoms with van der Waals surface area (Å²) >= 11 is 3.32. The number of likely N-dealkylation sites (tertiary alicyclic amines) is 1. The summed E-state index contributed by atoms with van der Waals surface area (Å²) in [6.07, 6.45) is 3.52. The number of hydrogen-bond donors (Lipinski definition) is 1. The Morgan fingerprint density at radius 2 is 2.08 bits per heavy atom. The highest BCUT2D eigenvalue weighted by atomic mass is 79.9. The number of carbonyl (C=O) groups excluding carboxylic acids is 2. The molecule has 1 atom stereocenters. The van der Waals surface area contributed by atoms with Crippen molar-refractivity contribution in [1.82, 2.24) is 20.1 Å². The normalized spacial score (nSPS) is 20.9. The lowest BCUT2D eigenvalue weighted by molar-refractivity contribution is -0.135. The number of halogens is 3. The summed E-state index contributed by atoms with van der Waals surface area (Å²) in [6.45, 7) is 3.28. The minimum absolute atomic E-state index is 0. The summed E-state index contributed by atoms with van der Waals surface area (Å²) in [5.74, 6) is 0.0760.